The molecule has 0 bridgehead atoms. The number of nitrogens with zero attached hydrogens (tertiary/aromatic N) is 1. The molecule has 0 radical (unpaired) electrons. The minimum absolute atomic E-state index is 0.0143. The van der Waals surface area contributed by atoms with Gasteiger partial charge in [0.15, 0.2) is 17.8 Å². The summed E-state index contributed by atoms with van der Waals surface area (Å²) in [7, 11) is 3.31. The van der Waals surface area contributed by atoms with Gasteiger partial charge in [-0.05, 0) is 46.4 Å². The van der Waals surface area contributed by atoms with Crippen LogP contribution in [0.1, 0.15) is 65.0 Å². The number of aliphatic hydroxyl groups is 1. The summed E-state index contributed by atoms with van der Waals surface area (Å²) in [5.41, 5.74) is 6.12. The Morgan fingerprint density at radius 1 is 0.909 bits per heavy atom. The van der Waals surface area contributed by atoms with E-state index in [0.717, 1.165) is 59.8 Å². The molecule has 0 saturated carbocycles. The number of fused-ring (bicyclic) bond motifs is 1. The van der Waals surface area contributed by atoms with Crippen LogP contribution in [0, 0.1) is 0 Å². The highest BCUT2D eigenvalue weighted by Crippen LogP contribution is 2.39. The molecule has 2 aliphatic heterocycles. The average Bonchev–Trinajstić information content (AvgIpc) is 3.05. The molecular weight excluding hydrogens is 564 g/mol. The monoisotopic (exact) mass is 604 g/mol. The van der Waals surface area contributed by atoms with Crippen molar-refractivity contribution in [2.45, 2.75) is 63.9 Å². The van der Waals surface area contributed by atoms with Gasteiger partial charge >= 0.3 is 5.97 Å². The van der Waals surface area contributed by atoms with Crippen molar-refractivity contribution < 1.29 is 38.7 Å². The van der Waals surface area contributed by atoms with Crippen molar-refractivity contribution in [1.82, 2.24) is 10.2 Å². The molecule has 0 aromatic heterocycles. The first-order valence-electron chi connectivity index (χ1n) is 14.9. The van der Waals surface area contributed by atoms with E-state index in [1.54, 1.807) is 14.2 Å². The number of carboxylic acids is 1. The van der Waals surface area contributed by atoms with Crippen LogP contribution in [0.25, 0.3) is 0 Å². The smallest absolute Gasteiger partial charge is 0.303 e. The predicted molar refractivity (Wildman–Crippen MR) is 162 cm³/mol. The third-order valence-corrected chi connectivity index (χ3v) is 8.18. The molecule has 3 N–H and O–H groups in total. The van der Waals surface area contributed by atoms with Gasteiger partial charge in [-0.1, -0.05) is 48.5 Å². The van der Waals surface area contributed by atoms with Crippen LogP contribution in [0.15, 0.2) is 60.7 Å². The number of carboxylic acid groups (broad SMARTS) is 1. The van der Waals surface area contributed by atoms with E-state index in [1.807, 2.05) is 48.5 Å². The van der Waals surface area contributed by atoms with E-state index < -0.39 is 12.3 Å². The molecule has 0 aliphatic carbocycles. The third-order valence-electron chi connectivity index (χ3n) is 8.18. The molecule has 0 spiro atoms. The van der Waals surface area contributed by atoms with Gasteiger partial charge in [0.25, 0.3) is 0 Å². The van der Waals surface area contributed by atoms with Gasteiger partial charge in [0, 0.05) is 44.6 Å². The fourth-order valence-corrected chi connectivity index (χ4v) is 5.72. The molecule has 44 heavy (non-hydrogen) atoms. The molecule has 5 rings (SSSR count). The number of carbonyl (C=O) groups excluding carboxylic acids is 1. The summed E-state index contributed by atoms with van der Waals surface area (Å²) in [6.45, 7) is 2.71. The maximum absolute atomic E-state index is 11.9. The number of amides is 1. The number of benzene rings is 3. The van der Waals surface area contributed by atoms with Crippen LogP contribution < -0.4 is 14.8 Å². The van der Waals surface area contributed by atoms with Crippen LogP contribution in [0.4, 0.5) is 0 Å². The Kier molecular flexibility index (Phi) is 10.5. The predicted octanol–water partition coefficient (Wildman–Crippen LogP) is 4.28. The average molecular weight is 605 g/mol. The van der Waals surface area contributed by atoms with Gasteiger partial charge in [0.2, 0.25) is 5.91 Å². The van der Waals surface area contributed by atoms with Gasteiger partial charge in [0.1, 0.15) is 0 Å². The number of rotatable bonds is 12. The standard InChI is InChI=1S/C34H40N2O8/c1-41-30-15-26-13-14-36(19-27(26)16-31(30)42-2)20-28-17-29(24-7-5-23(21-37)6-8-24)44-34(43-28)25-9-3-22(4-10-25)18-35-32(38)11-12-33(39)40/h3-10,15-16,28-29,34,37H,11-14,17-21H2,1-2H3,(H,35,38)(H,39,40)/t28-,29+,34+/m1/s1. The van der Waals surface area contributed by atoms with E-state index in [2.05, 4.69) is 22.3 Å². The SMILES string of the molecule is COc1cc2c(cc1OC)CN(C[C@H]1C[C@@H](c3ccc(CO)cc3)O[C@@H](c3ccc(CNC(=O)CCC(=O)O)cc3)O1)CC2. The summed E-state index contributed by atoms with van der Waals surface area (Å²) in [5, 5.41) is 21.0. The van der Waals surface area contributed by atoms with Gasteiger partial charge < -0.3 is 34.5 Å². The Morgan fingerprint density at radius 3 is 2.23 bits per heavy atom. The van der Waals surface area contributed by atoms with Crippen molar-refractivity contribution in [3.63, 3.8) is 0 Å². The molecule has 2 aliphatic rings. The van der Waals surface area contributed by atoms with Gasteiger partial charge in [-0.15, -0.1) is 0 Å². The molecule has 234 valence electrons. The van der Waals surface area contributed by atoms with Crippen LogP contribution >= 0.6 is 0 Å². The van der Waals surface area contributed by atoms with Crippen LogP contribution in [0.3, 0.4) is 0 Å². The van der Waals surface area contributed by atoms with Gasteiger partial charge in [-0.25, -0.2) is 0 Å². The van der Waals surface area contributed by atoms with Gasteiger partial charge in [0.05, 0.1) is 39.5 Å². The highest BCUT2D eigenvalue weighted by atomic mass is 16.7. The van der Waals surface area contributed by atoms with Crippen molar-refractivity contribution in [3.8, 4) is 11.5 Å². The number of aliphatic carboxylic acids is 1. The third kappa shape index (κ3) is 7.95. The first-order valence-corrected chi connectivity index (χ1v) is 14.9. The first-order chi connectivity index (χ1) is 21.3. The van der Waals surface area contributed by atoms with Gasteiger partial charge in [-0.3, -0.25) is 14.5 Å². The zero-order valence-corrected chi connectivity index (χ0v) is 25.2. The van der Waals surface area contributed by atoms with Crippen molar-refractivity contribution in [2.24, 2.45) is 0 Å². The second kappa shape index (κ2) is 14.7. The van der Waals surface area contributed by atoms with Crippen LogP contribution in [0.5, 0.6) is 11.5 Å². The van der Waals surface area contributed by atoms with E-state index in [4.69, 9.17) is 24.1 Å². The molecule has 3 aromatic carbocycles. The summed E-state index contributed by atoms with van der Waals surface area (Å²) in [4.78, 5) is 25.0. The number of methoxy groups -OCH3 is 2. The number of ether oxygens (including phenoxy) is 4. The first kappa shape index (κ1) is 31.5. The zero-order chi connectivity index (χ0) is 31.1. The Bertz CT molecular complexity index is 1430. The quantitative estimate of drug-likeness (QED) is 0.278. The minimum atomic E-state index is -0.996. The number of carbonyl (C=O) groups is 2. The minimum Gasteiger partial charge on any atom is -0.493 e. The van der Waals surface area contributed by atoms with Crippen molar-refractivity contribution in [3.05, 3.63) is 94.0 Å². The molecule has 3 atom stereocenters. The van der Waals surface area contributed by atoms with Crippen LogP contribution in [0.2, 0.25) is 0 Å². The lowest BCUT2D eigenvalue weighted by Crippen LogP contribution is -2.41. The fraction of sp³-hybridized carbons (Fsp3) is 0.412. The summed E-state index contributed by atoms with van der Waals surface area (Å²) in [6, 6.07) is 19.7. The van der Waals surface area contributed by atoms with E-state index in [-0.39, 0.29) is 37.6 Å². The van der Waals surface area contributed by atoms with Crippen LogP contribution in [-0.2, 0) is 45.2 Å². The van der Waals surface area contributed by atoms with E-state index in [9.17, 15) is 14.7 Å². The Hall–Kier alpha value is -3.96. The van der Waals surface area contributed by atoms with E-state index in [1.165, 1.54) is 11.1 Å². The molecule has 1 saturated heterocycles. The molecular formula is C34H40N2O8. The Labute approximate surface area is 257 Å². The largest absolute Gasteiger partial charge is 0.493 e. The summed E-state index contributed by atoms with van der Waals surface area (Å²) < 4.78 is 24.1. The number of hydrogen-bond donors (Lipinski definition) is 3. The summed E-state index contributed by atoms with van der Waals surface area (Å²) >= 11 is 0. The Balaban J connectivity index is 1.28. The van der Waals surface area contributed by atoms with Crippen LogP contribution in [-0.4, -0.2) is 60.4 Å². The van der Waals surface area contributed by atoms with E-state index >= 15 is 0 Å². The lowest BCUT2D eigenvalue weighted by atomic mass is 9.97. The number of nitrogens with one attached hydrogen (secondary N) is 1. The van der Waals surface area contributed by atoms with Gasteiger partial charge in [-0.2, -0.15) is 0 Å². The molecule has 10 nitrogen and oxygen atoms in total. The van der Waals surface area contributed by atoms with Crippen molar-refractivity contribution in [1.29, 1.82) is 0 Å². The second-order valence-corrected chi connectivity index (χ2v) is 11.2. The van der Waals surface area contributed by atoms with Crippen molar-refractivity contribution in [2.75, 3.05) is 27.3 Å². The number of aliphatic hydroxyl groups excluding tert-OH is 1. The molecule has 10 heteroatoms. The Morgan fingerprint density at radius 2 is 1.57 bits per heavy atom. The molecule has 3 aromatic rings. The molecule has 2 heterocycles. The maximum atomic E-state index is 11.9. The number of hydrogen-bond acceptors (Lipinski definition) is 8. The van der Waals surface area contributed by atoms with Crippen molar-refractivity contribution >= 4 is 11.9 Å². The highest BCUT2D eigenvalue weighted by molar-refractivity contribution is 5.80. The highest BCUT2D eigenvalue weighted by Gasteiger charge is 2.34. The van der Waals surface area contributed by atoms with E-state index in [0.29, 0.717) is 13.0 Å². The topological polar surface area (TPSA) is 127 Å². The lowest BCUT2D eigenvalue weighted by Gasteiger charge is -2.39. The molecule has 1 fully saturated rings. The second-order valence-electron chi connectivity index (χ2n) is 11.2. The summed E-state index contributed by atoms with van der Waals surface area (Å²) in [6.07, 6.45) is 0.472. The molecule has 1 amide bonds. The fourth-order valence-electron chi connectivity index (χ4n) is 5.72. The zero-order valence-electron chi connectivity index (χ0n) is 25.2. The summed E-state index contributed by atoms with van der Waals surface area (Å²) in [5.74, 6) is 0.178. The normalized spacial score (nSPS) is 20.0. The maximum Gasteiger partial charge on any atom is 0.303 e. The lowest BCUT2D eigenvalue weighted by molar-refractivity contribution is -0.253. The molecule has 0 unspecified atom stereocenters.